The maximum Gasteiger partial charge on any atom is 0.265 e. The Hall–Kier alpha value is -3.07. The van der Waals surface area contributed by atoms with Gasteiger partial charge in [0.2, 0.25) is 5.95 Å². The fourth-order valence-electron chi connectivity index (χ4n) is 5.03. The van der Waals surface area contributed by atoms with E-state index in [0.717, 1.165) is 18.8 Å². The number of hydrogen-bond acceptors (Lipinski definition) is 7. The summed E-state index contributed by atoms with van der Waals surface area (Å²) < 4.78 is 0. The first-order valence-electron chi connectivity index (χ1n) is 11.2. The molecule has 0 unspecified atom stereocenters. The second kappa shape index (κ2) is 8.30. The lowest BCUT2D eigenvalue weighted by molar-refractivity contribution is 0.0982. The van der Waals surface area contributed by atoms with Crippen molar-refractivity contribution in [3.8, 4) is 0 Å². The van der Waals surface area contributed by atoms with Gasteiger partial charge in [-0.25, -0.2) is 4.98 Å². The number of nitrogens with zero attached hydrogens (tertiary/aromatic N) is 5. The summed E-state index contributed by atoms with van der Waals surface area (Å²) in [5, 5.41) is 7.62. The zero-order valence-electron chi connectivity index (χ0n) is 18.5. The van der Waals surface area contributed by atoms with Crippen molar-refractivity contribution in [1.29, 1.82) is 0 Å². The monoisotopic (exact) mass is 495 g/mol. The van der Waals surface area contributed by atoms with Gasteiger partial charge in [-0.15, -0.1) is 0 Å². The van der Waals surface area contributed by atoms with Crippen LogP contribution >= 0.6 is 23.2 Å². The van der Waals surface area contributed by atoms with Gasteiger partial charge in [0.05, 0.1) is 22.4 Å². The molecule has 0 aliphatic carbocycles. The van der Waals surface area contributed by atoms with Crippen molar-refractivity contribution in [2.75, 3.05) is 46.8 Å². The van der Waals surface area contributed by atoms with Crippen LogP contribution in [-0.2, 0) is 0 Å². The molecule has 2 N–H and O–H groups in total. The molecule has 2 atom stereocenters. The van der Waals surface area contributed by atoms with Crippen LogP contribution in [0.4, 0.5) is 28.8 Å². The molecule has 2 fully saturated rings. The van der Waals surface area contributed by atoms with Crippen LogP contribution in [-0.4, -0.2) is 54.8 Å². The predicted molar refractivity (Wildman–Crippen MR) is 136 cm³/mol. The molecule has 3 aromatic rings. The van der Waals surface area contributed by atoms with Crippen molar-refractivity contribution in [2.45, 2.75) is 18.5 Å². The van der Waals surface area contributed by atoms with Gasteiger partial charge < -0.3 is 20.4 Å². The molecule has 1 aromatic heterocycles. The minimum atomic E-state index is -0.242. The Bertz CT molecular complexity index is 1250. The summed E-state index contributed by atoms with van der Waals surface area (Å²) in [6.45, 7) is 2.38. The minimum absolute atomic E-state index is 0.242. The quantitative estimate of drug-likeness (QED) is 0.563. The van der Waals surface area contributed by atoms with Crippen LogP contribution in [0.1, 0.15) is 16.8 Å². The van der Waals surface area contributed by atoms with Gasteiger partial charge in [0.1, 0.15) is 11.4 Å². The van der Waals surface area contributed by atoms with E-state index in [0.29, 0.717) is 45.1 Å². The molecule has 4 heterocycles. The van der Waals surface area contributed by atoms with Crippen LogP contribution in [0.2, 0.25) is 10.0 Å². The number of fused-ring (bicyclic) bond motifs is 3. The third-order valence-corrected chi connectivity index (χ3v) is 7.29. The fourth-order valence-corrected chi connectivity index (χ4v) is 5.63. The first-order chi connectivity index (χ1) is 16.5. The van der Waals surface area contributed by atoms with Gasteiger partial charge in [-0.2, -0.15) is 4.98 Å². The van der Waals surface area contributed by atoms with E-state index in [4.69, 9.17) is 23.2 Å². The standard InChI is InChI=1S/C24H23Cl2N7O/c1-31-13-33(21-19(25)3-2-4-20(21)26)23(34)18-11-28-24(30-22(18)31)29-14-5-7-16(8-6-14)32-12-15-9-17(32)10-27-15/h2-8,11,15,17,27H,9-10,12-13H2,1H3,(H,28,29,30)/t15-,17-/m0/s1. The summed E-state index contributed by atoms with van der Waals surface area (Å²) >= 11 is 12.7. The molecule has 8 nitrogen and oxygen atoms in total. The SMILES string of the molecule is CN1CN(c2c(Cl)cccc2Cl)C(=O)c2cnc(Nc3ccc(N4C[C@@H]5C[C@H]4CN5)cc3)nc21. The second-order valence-electron chi connectivity index (χ2n) is 8.89. The van der Waals surface area contributed by atoms with Crippen molar-refractivity contribution in [2.24, 2.45) is 0 Å². The number of anilines is 5. The highest BCUT2D eigenvalue weighted by atomic mass is 35.5. The molecule has 174 valence electrons. The number of halogens is 2. The van der Waals surface area contributed by atoms with Crippen LogP contribution in [0.15, 0.2) is 48.7 Å². The average Bonchev–Trinajstić information content (AvgIpc) is 3.47. The molecule has 2 bridgehead atoms. The second-order valence-corrected chi connectivity index (χ2v) is 9.71. The van der Waals surface area contributed by atoms with E-state index in [-0.39, 0.29) is 12.6 Å². The summed E-state index contributed by atoms with van der Waals surface area (Å²) in [4.78, 5) is 28.1. The van der Waals surface area contributed by atoms with Gasteiger partial charge >= 0.3 is 0 Å². The van der Waals surface area contributed by atoms with Crippen LogP contribution in [0.5, 0.6) is 0 Å². The molecule has 6 rings (SSSR count). The number of nitrogens with one attached hydrogen (secondary N) is 2. The molecular weight excluding hydrogens is 473 g/mol. The Morgan fingerprint density at radius 2 is 1.88 bits per heavy atom. The number of piperazine rings is 1. The summed E-state index contributed by atoms with van der Waals surface area (Å²) in [7, 11) is 1.87. The number of hydrogen-bond donors (Lipinski definition) is 2. The maximum atomic E-state index is 13.2. The number of aromatic nitrogens is 2. The number of carbonyl (C=O) groups excluding carboxylic acids is 1. The van der Waals surface area contributed by atoms with E-state index in [1.807, 2.05) is 24.1 Å². The van der Waals surface area contributed by atoms with Crippen molar-refractivity contribution in [3.05, 3.63) is 64.3 Å². The van der Waals surface area contributed by atoms with E-state index < -0.39 is 0 Å². The zero-order valence-corrected chi connectivity index (χ0v) is 20.0. The summed E-state index contributed by atoms with van der Waals surface area (Å²) in [5.74, 6) is 0.743. The Morgan fingerprint density at radius 3 is 2.56 bits per heavy atom. The molecule has 3 aliphatic heterocycles. The highest BCUT2D eigenvalue weighted by molar-refractivity contribution is 6.40. The molecule has 10 heteroatoms. The number of para-hydroxylation sites is 1. The first-order valence-corrected chi connectivity index (χ1v) is 11.9. The van der Waals surface area contributed by atoms with Gasteiger partial charge in [0.25, 0.3) is 5.91 Å². The van der Waals surface area contributed by atoms with E-state index >= 15 is 0 Å². The minimum Gasteiger partial charge on any atom is -0.366 e. The highest BCUT2D eigenvalue weighted by Crippen LogP contribution is 2.37. The van der Waals surface area contributed by atoms with E-state index in [9.17, 15) is 4.79 Å². The zero-order chi connectivity index (χ0) is 23.4. The molecular formula is C24H23Cl2N7O. The van der Waals surface area contributed by atoms with Crippen LogP contribution in [0.25, 0.3) is 0 Å². The maximum absolute atomic E-state index is 13.2. The summed E-state index contributed by atoms with van der Waals surface area (Å²) in [6.07, 6.45) is 2.76. The van der Waals surface area contributed by atoms with Gasteiger partial charge in [0.15, 0.2) is 0 Å². The third kappa shape index (κ3) is 3.62. The first kappa shape index (κ1) is 21.5. The lowest BCUT2D eigenvalue weighted by atomic mass is 10.2. The van der Waals surface area contributed by atoms with Crippen molar-refractivity contribution in [3.63, 3.8) is 0 Å². The highest BCUT2D eigenvalue weighted by Gasteiger charge is 2.37. The van der Waals surface area contributed by atoms with E-state index in [2.05, 4.69) is 37.6 Å². The summed E-state index contributed by atoms with van der Waals surface area (Å²) in [6, 6.07) is 14.7. The lowest BCUT2D eigenvalue weighted by Gasteiger charge is -2.35. The Balaban J connectivity index is 1.22. The van der Waals surface area contributed by atoms with Crippen molar-refractivity contribution >= 4 is 57.9 Å². The molecule has 0 spiro atoms. The van der Waals surface area contributed by atoms with Gasteiger partial charge in [0, 0.05) is 49.8 Å². The smallest absolute Gasteiger partial charge is 0.265 e. The van der Waals surface area contributed by atoms with Crippen LogP contribution in [0.3, 0.4) is 0 Å². The molecule has 1 amide bonds. The largest absolute Gasteiger partial charge is 0.366 e. The predicted octanol–water partition coefficient (Wildman–Crippen LogP) is 4.13. The Labute approximate surface area is 207 Å². The third-order valence-electron chi connectivity index (χ3n) is 6.68. The van der Waals surface area contributed by atoms with E-state index in [1.54, 1.807) is 29.3 Å². The number of rotatable bonds is 4. The topological polar surface area (TPSA) is 76.6 Å². The van der Waals surface area contributed by atoms with Crippen molar-refractivity contribution in [1.82, 2.24) is 15.3 Å². The van der Waals surface area contributed by atoms with Crippen molar-refractivity contribution < 1.29 is 4.79 Å². The van der Waals surface area contributed by atoms with Gasteiger partial charge in [-0.1, -0.05) is 29.3 Å². The molecule has 0 saturated carbocycles. The van der Waals surface area contributed by atoms with Gasteiger partial charge in [-0.3, -0.25) is 9.69 Å². The molecule has 2 aromatic carbocycles. The Kier molecular flexibility index (Phi) is 5.24. The normalized spacial score (nSPS) is 21.3. The van der Waals surface area contributed by atoms with Gasteiger partial charge in [-0.05, 0) is 42.8 Å². The lowest BCUT2D eigenvalue weighted by Crippen LogP contribution is -2.46. The number of benzene rings is 2. The molecule has 34 heavy (non-hydrogen) atoms. The number of carbonyl (C=O) groups is 1. The van der Waals surface area contributed by atoms with Crippen LogP contribution < -0.4 is 25.3 Å². The molecule has 0 radical (unpaired) electrons. The molecule has 3 aliphatic rings. The summed E-state index contributed by atoms with van der Waals surface area (Å²) in [5.41, 5.74) is 3.00. The Morgan fingerprint density at radius 1 is 1.12 bits per heavy atom. The molecule has 2 saturated heterocycles. The fraction of sp³-hybridized carbons (Fsp3) is 0.292. The van der Waals surface area contributed by atoms with E-state index in [1.165, 1.54) is 12.1 Å². The average molecular weight is 496 g/mol. The van der Waals surface area contributed by atoms with Crippen LogP contribution in [0, 0.1) is 0 Å². The number of amides is 1.